The number of aliphatic hydroxyl groups excluding tert-OH is 1. The van der Waals surface area contributed by atoms with E-state index in [9.17, 15) is 0 Å². The van der Waals surface area contributed by atoms with Crippen molar-refractivity contribution in [1.29, 1.82) is 0 Å². The summed E-state index contributed by atoms with van der Waals surface area (Å²) in [6.07, 6.45) is -0.381. The Morgan fingerprint density at radius 1 is 1.78 bits per heavy atom. The molecule has 0 aliphatic carbocycles. The quantitative estimate of drug-likeness (QED) is 0.418. The largest absolute Gasteiger partial charge is 0.391 e. The Labute approximate surface area is 72.4 Å². The van der Waals surface area contributed by atoms with E-state index >= 15 is 0 Å². The highest BCUT2D eigenvalue weighted by Crippen LogP contribution is 1.79. The summed E-state index contributed by atoms with van der Waals surface area (Å²) in [5.74, 6) is 0.519. The minimum Gasteiger partial charge on any atom is -0.391 e. The third-order valence-electron chi connectivity index (χ3n) is 0.605. The lowest BCUT2D eigenvalue weighted by Gasteiger charge is -1.96. The predicted octanol–water partition coefficient (Wildman–Crippen LogP) is 0.362. The summed E-state index contributed by atoms with van der Waals surface area (Å²) in [5, 5.41) is 8.64. The van der Waals surface area contributed by atoms with Crippen LogP contribution >= 0.6 is 24.0 Å². The first-order chi connectivity index (χ1) is 3.63. The van der Waals surface area contributed by atoms with Gasteiger partial charge in [0, 0.05) is 0 Å². The van der Waals surface area contributed by atoms with E-state index < -0.39 is 0 Å². The molecule has 0 rings (SSSR count). The zero-order valence-corrected chi connectivity index (χ0v) is 7.99. The number of halogens is 1. The van der Waals surface area contributed by atoms with Crippen LogP contribution in [0.4, 0.5) is 0 Å². The van der Waals surface area contributed by atoms with Gasteiger partial charge in [-0.2, -0.15) is 0 Å². The maximum atomic E-state index is 8.64. The molecule has 1 atom stereocenters. The van der Waals surface area contributed by atoms with Gasteiger partial charge in [0.2, 0.25) is 0 Å². The summed E-state index contributed by atoms with van der Waals surface area (Å²) in [6, 6.07) is 0. The molecule has 0 radical (unpaired) electrons. The van der Waals surface area contributed by atoms with E-state index in [-0.39, 0.29) is 30.1 Å². The van der Waals surface area contributed by atoms with Gasteiger partial charge in [-0.25, -0.2) is 0 Å². The van der Waals surface area contributed by atoms with E-state index in [1.165, 1.54) is 0 Å². The number of aliphatic hydroxyl groups is 1. The molecule has 0 amide bonds. The second-order valence-corrected chi connectivity index (χ2v) is 1.83. The monoisotopic (exact) mass is 244 g/mol. The molecule has 0 fully saturated rings. The summed E-state index contributed by atoms with van der Waals surface area (Å²) < 4.78 is 0. The SMILES string of the molecule is CC(N)=NCC(C)O.I. The van der Waals surface area contributed by atoms with Gasteiger partial charge >= 0.3 is 0 Å². The molecule has 0 saturated carbocycles. The number of amidine groups is 1. The van der Waals surface area contributed by atoms with E-state index in [0.717, 1.165) is 0 Å². The molecule has 3 nitrogen and oxygen atoms in total. The van der Waals surface area contributed by atoms with E-state index in [2.05, 4.69) is 4.99 Å². The third kappa shape index (κ3) is 11.6. The Kier molecular flexibility index (Phi) is 8.31. The van der Waals surface area contributed by atoms with Crippen molar-refractivity contribution in [3.05, 3.63) is 0 Å². The Bertz CT molecular complexity index is 89.0. The fourth-order valence-electron chi connectivity index (χ4n) is 0.276. The fraction of sp³-hybridized carbons (Fsp3) is 0.800. The molecule has 0 saturated heterocycles. The minimum absolute atomic E-state index is 0. The van der Waals surface area contributed by atoms with Gasteiger partial charge in [-0.05, 0) is 13.8 Å². The first-order valence-corrected chi connectivity index (χ1v) is 2.57. The van der Waals surface area contributed by atoms with Crippen LogP contribution in [0.1, 0.15) is 13.8 Å². The molecule has 1 unspecified atom stereocenters. The van der Waals surface area contributed by atoms with E-state index in [4.69, 9.17) is 10.8 Å². The third-order valence-corrected chi connectivity index (χ3v) is 0.605. The average Bonchev–Trinajstić information content (AvgIpc) is 1.61. The van der Waals surface area contributed by atoms with Crippen LogP contribution in [0.5, 0.6) is 0 Å². The Morgan fingerprint density at radius 2 is 2.22 bits per heavy atom. The highest BCUT2D eigenvalue weighted by Gasteiger charge is 1.89. The average molecular weight is 244 g/mol. The Morgan fingerprint density at radius 3 is 2.33 bits per heavy atom. The lowest BCUT2D eigenvalue weighted by molar-refractivity contribution is 0.204. The molecule has 56 valence electrons. The van der Waals surface area contributed by atoms with Gasteiger partial charge in [-0.15, -0.1) is 24.0 Å². The molecule has 0 heterocycles. The first-order valence-electron chi connectivity index (χ1n) is 2.57. The molecular formula is C5H13IN2O. The topological polar surface area (TPSA) is 58.6 Å². The van der Waals surface area contributed by atoms with Crippen molar-refractivity contribution in [2.24, 2.45) is 10.7 Å². The number of nitrogens with zero attached hydrogens (tertiary/aromatic N) is 1. The molecular weight excluding hydrogens is 231 g/mol. The van der Waals surface area contributed by atoms with Gasteiger partial charge in [0.25, 0.3) is 0 Å². The van der Waals surface area contributed by atoms with Gasteiger partial charge in [0.1, 0.15) is 0 Å². The Balaban J connectivity index is 0. The predicted molar refractivity (Wildman–Crippen MR) is 49.3 cm³/mol. The number of hydrogen-bond acceptors (Lipinski definition) is 2. The zero-order chi connectivity index (χ0) is 6.57. The molecule has 3 N–H and O–H groups in total. The summed E-state index contributed by atoms with van der Waals surface area (Å²) in [7, 11) is 0. The van der Waals surface area contributed by atoms with Crippen molar-refractivity contribution in [3.8, 4) is 0 Å². The van der Waals surface area contributed by atoms with Crippen molar-refractivity contribution in [2.45, 2.75) is 20.0 Å². The van der Waals surface area contributed by atoms with E-state index in [0.29, 0.717) is 12.4 Å². The van der Waals surface area contributed by atoms with Crippen LogP contribution in [0.15, 0.2) is 4.99 Å². The fourth-order valence-corrected chi connectivity index (χ4v) is 0.276. The summed E-state index contributed by atoms with van der Waals surface area (Å²) in [6.45, 7) is 3.77. The number of aliphatic imine (C=N–C) groups is 1. The summed E-state index contributed by atoms with van der Waals surface area (Å²) in [4.78, 5) is 3.77. The number of rotatable bonds is 2. The lowest BCUT2D eigenvalue weighted by Crippen LogP contribution is -2.11. The normalized spacial score (nSPS) is 14.3. The molecule has 0 aromatic carbocycles. The highest BCUT2D eigenvalue weighted by molar-refractivity contribution is 14.0. The Hall–Kier alpha value is 0.160. The second-order valence-electron chi connectivity index (χ2n) is 1.83. The number of nitrogens with two attached hydrogens (primary N) is 1. The lowest BCUT2D eigenvalue weighted by atomic mass is 10.4. The van der Waals surface area contributed by atoms with Gasteiger partial charge in [-0.1, -0.05) is 0 Å². The molecule has 0 aromatic heterocycles. The van der Waals surface area contributed by atoms with Crippen molar-refractivity contribution < 1.29 is 5.11 Å². The second kappa shape index (κ2) is 6.28. The van der Waals surface area contributed by atoms with Gasteiger partial charge < -0.3 is 10.8 Å². The van der Waals surface area contributed by atoms with E-state index in [1.807, 2.05) is 0 Å². The standard InChI is InChI=1S/C5H12N2O.HI/c1-4(8)3-7-5(2)6;/h4,8H,3H2,1-2H3,(H2,6,7);1H. The van der Waals surface area contributed by atoms with Crippen molar-refractivity contribution in [1.82, 2.24) is 0 Å². The van der Waals surface area contributed by atoms with Crippen LogP contribution in [0, 0.1) is 0 Å². The van der Waals surface area contributed by atoms with Crippen LogP contribution in [-0.2, 0) is 0 Å². The van der Waals surface area contributed by atoms with Gasteiger partial charge in [-0.3, -0.25) is 4.99 Å². The minimum atomic E-state index is -0.381. The molecule has 9 heavy (non-hydrogen) atoms. The molecule has 0 aromatic rings. The van der Waals surface area contributed by atoms with Crippen LogP contribution in [-0.4, -0.2) is 23.6 Å². The molecule has 0 bridgehead atoms. The van der Waals surface area contributed by atoms with Crippen LogP contribution < -0.4 is 5.73 Å². The summed E-state index contributed by atoms with van der Waals surface area (Å²) >= 11 is 0. The van der Waals surface area contributed by atoms with Crippen LogP contribution in [0.25, 0.3) is 0 Å². The van der Waals surface area contributed by atoms with Crippen LogP contribution in [0.2, 0.25) is 0 Å². The highest BCUT2D eigenvalue weighted by atomic mass is 127. The van der Waals surface area contributed by atoms with Gasteiger partial charge in [0.05, 0.1) is 18.5 Å². The maximum Gasteiger partial charge on any atom is 0.0906 e. The summed E-state index contributed by atoms with van der Waals surface area (Å²) in [5.41, 5.74) is 5.18. The van der Waals surface area contributed by atoms with Crippen LogP contribution in [0.3, 0.4) is 0 Å². The zero-order valence-electron chi connectivity index (χ0n) is 5.66. The van der Waals surface area contributed by atoms with Crippen molar-refractivity contribution >= 4 is 29.8 Å². The molecule has 0 spiro atoms. The smallest absolute Gasteiger partial charge is 0.0906 e. The van der Waals surface area contributed by atoms with Crippen molar-refractivity contribution in [2.75, 3.05) is 6.54 Å². The molecule has 0 aliphatic heterocycles. The van der Waals surface area contributed by atoms with E-state index in [1.54, 1.807) is 13.8 Å². The molecule has 4 heteroatoms. The number of hydrogen-bond donors (Lipinski definition) is 2. The van der Waals surface area contributed by atoms with Crippen molar-refractivity contribution in [3.63, 3.8) is 0 Å². The maximum absolute atomic E-state index is 8.64. The van der Waals surface area contributed by atoms with Gasteiger partial charge in [0.15, 0.2) is 0 Å². The molecule has 0 aliphatic rings. The first kappa shape index (κ1) is 11.9.